The zero-order chi connectivity index (χ0) is 13.1. The molecular weight excluding hydrogens is 256 g/mol. The van der Waals surface area contributed by atoms with Gasteiger partial charge in [-0.3, -0.25) is 0 Å². The minimum atomic E-state index is 0.670. The molecule has 1 nitrogen and oxygen atoms in total. The second-order valence-corrected chi connectivity index (χ2v) is 4.67. The predicted molar refractivity (Wildman–Crippen MR) is 79.0 cm³/mol. The highest BCUT2D eigenvalue weighted by molar-refractivity contribution is 6.31. The molecule has 0 atom stereocenters. The molecule has 92 valence electrons. The third-order valence-electron chi connectivity index (χ3n) is 2.87. The maximum atomic E-state index is 6.19. The van der Waals surface area contributed by atoms with Crippen molar-refractivity contribution >= 4 is 11.6 Å². The number of hydrogen-bond donors (Lipinski definition) is 0. The van der Waals surface area contributed by atoms with Crippen LogP contribution in [0.25, 0.3) is 22.6 Å². The lowest BCUT2D eigenvalue weighted by Gasteiger charge is -1.95. The summed E-state index contributed by atoms with van der Waals surface area (Å²) < 4.78 is 5.95. The van der Waals surface area contributed by atoms with Crippen molar-refractivity contribution in [3.8, 4) is 22.6 Å². The van der Waals surface area contributed by atoms with Gasteiger partial charge in [0.15, 0.2) is 0 Å². The van der Waals surface area contributed by atoms with Gasteiger partial charge in [0.25, 0.3) is 0 Å². The third-order valence-corrected chi connectivity index (χ3v) is 3.09. The Bertz CT molecular complexity index is 620. The fourth-order valence-electron chi connectivity index (χ4n) is 1.96. The first-order chi connectivity index (χ1) is 9.33. The van der Waals surface area contributed by atoms with Crippen LogP contribution in [0.15, 0.2) is 77.2 Å². The Balaban J connectivity index is 2.12. The van der Waals surface area contributed by atoms with Crippen LogP contribution >= 0.6 is 11.6 Å². The summed E-state index contributed by atoms with van der Waals surface area (Å²) in [5.41, 5.74) is 2.03. The lowest BCUT2D eigenvalue weighted by atomic mass is 10.1. The molecule has 0 unspecified atom stereocenters. The fraction of sp³-hybridized carbons (Fsp3) is 0. The van der Waals surface area contributed by atoms with Gasteiger partial charge in [-0.1, -0.05) is 48.0 Å². The number of rotatable bonds is 2. The Morgan fingerprint density at radius 1 is 0.632 bits per heavy atom. The first kappa shape index (κ1) is 11.9. The summed E-state index contributed by atoms with van der Waals surface area (Å²) in [5, 5.41) is 0.670. The summed E-state index contributed by atoms with van der Waals surface area (Å²) in [7, 11) is 0. The topological polar surface area (TPSA) is 11.3 Å². The molecule has 0 amide bonds. The van der Waals surface area contributed by atoms with Crippen LogP contribution in [-0.4, -0.2) is 0 Å². The molecule has 0 aliphatic heterocycles. The Morgan fingerprint density at radius 2 is 1.05 bits per heavy atom. The summed E-state index contributed by atoms with van der Waals surface area (Å²) in [6.07, 6.45) is 0. The molecule has 0 aliphatic rings. The van der Waals surface area contributed by atoms with Gasteiger partial charge in [-0.15, -0.1) is 0 Å². The summed E-state index contributed by atoms with van der Waals surface area (Å²) >= 11 is 6.19. The lowest BCUT2D eigenvalue weighted by Crippen LogP contribution is -1.82. The largest absolute Gasteiger partial charge is 0.362 e. The maximum Gasteiger partial charge on any atom is 0.362 e. The number of benzene rings is 2. The van der Waals surface area contributed by atoms with E-state index in [0.29, 0.717) is 5.02 Å². The van der Waals surface area contributed by atoms with Crippen molar-refractivity contribution in [3.63, 3.8) is 0 Å². The average molecular weight is 268 g/mol. The molecule has 0 bridgehead atoms. The molecule has 19 heavy (non-hydrogen) atoms. The maximum absolute atomic E-state index is 6.19. The standard InChI is InChI=1S/C17H12ClO/c18-15-11-16(13-7-3-1-4-8-13)19-17(12-15)14-9-5-2-6-10-14/h1-12H/q+1. The molecule has 0 radical (unpaired) electrons. The highest BCUT2D eigenvalue weighted by atomic mass is 35.5. The second-order valence-electron chi connectivity index (χ2n) is 4.24. The van der Waals surface area contributed by atoms with Crippen LogP contribution in [0.5, 0.6) is 0 Å². The smallest absolute Gasteiger partial charge is 0.207 e. The van der Waals surface area contributed by atoms with Gasteiger partial charge in [0.1, 0.15) is 0 Å². The molecule has 0 saturated carbocycles. The Kier molecular flexibility index (Phi) is 3.30. The third kappa shape index (κ3) is 2.67. The van der Waals surface area contributed by atoms with Crippen LogP contribution < -0.4 is 0 Å². The molecule has 0 spiro atoms. The van der Waals surface area contributed by atoms with Gasteiger partial charge in [-0.2, -0.15) is 0 Å². The van der Waals surface area contributed by atoms with Gasteiger partial charge < -0.3 is 0 Å². The van der Waals surface area contributed by atoms with Crippen molar-refractivity contribution < 1.29 is 4.42 Å². The van der Waals surface area contributed by atoms with Gasteiger partial charge in [0, 0.05) is 0 Å². The Labute approximate surface area is 117 Å². The summed E-state index contributed by atoms with van der Waals surface area (Å²) in [5.74, 6) is 1.54. The first-order valence-corrected chi connectivity index (χ1v) is 6.45. The van der Waals surface area contributed by atoms with Gasteiger partial charge in [0.05, 0.1) is 28.3 Å². The Morgan fingerprint density at radius 3 is 1.47 bits per heavy atom. The van der Waals surface area contributed by atoms with Crippen molar-refractivity contribution in [2.45, 2.75) is 0 Å². The molecule has 1 heterocycles. The predicted octanol–water partition coefficient (Wildman–Crippen LogP) is 5.55. The van der Waals surface area contributed by atoms with E-state index in [1.54, 1.807) is 0 Å². The van der Waals surface area contributed by atoms with E-state index in [4.69, 9.17) is 16.0 Å². The summed E-state index contributed by atoms with van der Waals surface area (Å²) in [4.78, 5) is 0. The van der Waals surface area contributed by atoms with Crippen LogP contribution in [0.2, 0.25) is 5.02 Å². The fourth-order valence-corrected chi connectivity index (χ4v) is 2.16. The van der Waals surface area contributed by atoms with Crippen LogP contribution in [0.1, 0.15) is 0 Å². The van der Waals surface area contributed by atoms with Gasteiger partial charge in [-0.05, 0) is 24.3 Å². The van der Waals surface area contributed by atoms with Gasteiger partial charge >= 0.3 is 11.5 Å². The minimum Gasteiger partial charge on any atom is -0.207 e. The normalized spacial score (nSPS) is 10.4. The van der Waals surface area contributed by atoms with E-state index in [0.717, 1.165) is 22.6 Å². The van der Waals surface area contributed by atoms with E-state index >= 15 is 0 Å². The highest BCUT2D eigenvalue weighted by Gasteiger charge is 2.18. The lowest BCUT2D eigenvalue weighted by molar-refractivity contribution is 0.582. The monoisotopic (exact) mass is 267 g/mol. The van der Waals surface area contributed by atoms with Crippen molar-refractivity contribution in [1.29, 1.82) is 0 Å². The van der Waals surface area contributed by atoms with Crippen LogP contribution in [-0.2, 0) is 0 Å². The second kappa shape index (κ2) is 5.25. The highest BCUT2D eigenvalue weighted by Crippen LogP contribution is 2.29. The van der Waals surface area contributed by atoms with Crippen molar-refractivity contribution in [2.75, 3.05) is 0 Å². The number of hydrogen-bond acceptors (Lipinski definition) is 0. The van der Waals surface area contributed by atoms with Crippen LogP contribution in [0, 0.1) is 0 Å². The molecule has 0 saturated heterocycles. The molecule has 0 fully saturated rings. The zero-order valence-corrected chi connectivity index (χ0v) is 11.0. The van der Waals surface area contributed by atoms with Gasteiger partial charge in [-0.25, -0.2) is 4.42 Å². The average Bonchev–Trinajstić information content (AvgIpc) is 2.48. The van der Waals surface area contributed by atoms with Crippen LogP contribution in [0.3, 0.4) is 0 Å². The summed E-state index contributed by atoms with van der Waals surface area (Å²) in [6, 6.07) is 23.6. The van der Waals surface area contributed by atoms with E-state index in [9.17, 15) is 0 Å². The van der Waals surface area contributed by atoms with Crippen molar-refractivity contribution in [2.24, 2.45) is 0 Å². The molecule has 1 aromatic heterocycles. The SMILES string of the molecule is Clc1cc(-c2ccccc2)[o+]c(-c2ccccc2)c1. The zero-order valence-electron chi connectivity index (χ0n) is 10.2. The quantitative estimate of drug-likeness (QED) is 0.554. The summed E-state index contributed by atoms with van der Waals surface area (Å²) in [6.45, 7) is 0. The molecule has 2 aromatic carbocycles. The number of halogens is 1. The Hall–Kier alpha value is -2.12. The molecule has 2 heteroatoms. The van der Waals surface area contributed by atoms with E-state index < -0.39 is 0 Å². The molecule has 3 aromatic rings. The molecule has 3 rings (SSSR count). The first-order valence-electron chi connectivity index (χ1n) is 6.07. The van der Waals surface area contributed by atoms with E-state index in [2.05, 4.69) is 0 Å². The van der Waals surface area contributed by atoms with Crippen molar-refractivity contribution in [1.82, 2.24) is 0 Å². The van der Waals surface area contributed by atoms with Crippen LogP contribution in [0.4, 0.5) is 0 Å². The van der Waals surface area contributed by atoms with Gasteiger partial charge in [0.2, 0.25) is 0 Å². The van der Waals surface area contributed by atoms with E-state index in [1.807, 2.05) is 72.8 Å². The molecule has 0 N–H and O–H groups in total. The minimum absolute atomic E-state index is 0.670. The van der Waals surface area contributed by atoms with E-state index in [-0.39, 0.29) is 0 Å². The molecular formula is C17H12ClO+. The van der Waals surface area contributed by atoms with Crippen molar-refractivity contribution in [3.05, 3.63) is 77.8 Å². The van der Waals surface area contributed by atoms with E-state index in [1.165, 1.54) is 0 Å². The molecule has 0 aliphatic carbocycles.